The third-order valence-corrected chi connectivity index (χ3v) is 3.18. The zero-order chi connectivity index (χ0) is 8.81. The maximum atomic E-state index is 9.75. The van der Waals surface area contributed by atoms with Crippen molar-refractivity contribution in [2.45, 2.75) is 25.4 Å². The molecule has 0 aromatic rings. The lowest BCUT2D eigenvalue weighted by Crippen LogP contribution is -2.24. The molecule has 2 N–H and O–H groups in total. The number of hydrogen-bond acceptors (Lipinski definition) is 3. The Balaban J connectivity index is 2.27. The molecule has 1 fully saturated rings. The molecule has 0 aromatic heterocycles. The molecule has 0 amide bonds. The van der Waals surface area contributed by atoms with Crippen LogP contribution in [0.5, 0.6) is 0 Å². The second kappa shape index (κ2) is 5.84. The largest absolute Gasteiger partial charge is 0.392 e. The van der Waals surface area contributed by atoms with Gasteiger partial charge in [-0.2, -0.15) is 11.8 Å². The number of aliphatic hydroxyl groups excluding tert-OH is 1. The highest BCUT2D eigenvalue weighted by atomic mass is 32.2. The third kappa shape index (κ3) is 3.33. The fourth-order valence-corrected chi connectivity index (χ4v) is 2.35. The molecule has 1 rings (SSSR count). The van der Waals surface area contributed by atoms with Crippen LogP contribution in [0.15, 0.2) is 0 Å². The molecule has 2 unspecified atom stereocenters. The van der Waals surface area contributed by atoms with Gasteiger partial charge in [-0.05, 0) is 44.5 Å². The normalized spacial score (nSPS) is 28.0. The summed E-state index contributed by atoms with van der Waals surface area (Å²) in [5, 5.41) is 13.1. The Bertz CT molecular complexity index is 113. The van der Waals surface area contributed by atoms with E-state index in [1.54, 1.807) is 11.8 Å². The van der Waals surface area contributed by atoms with E-state index < -0.39 is 0 Å². The van der Waals surface area contributed by atoms with Crippen LogP contribution in [0, 0.1) is 5.92 Å². The van der Waals surface area contributed by atoms with Gasteiger partial charge in [-0.25, -0.2) is 0 Å². The molecule has 1 saturated heterocycles. The highest BCUT2D eigenvalue weighted by Crippen LogP contribution is 2.19. The van der Waals surface area contributed by atoms with Crippen LogP contribution in [0.25, 0.3) is 0 Å². The first-order chi connectivity index (χ1) is 5.84. The van der Waals surface area contributed by atoms with Gasteiger partial charge in [0.2, 0.25) is 0 Å². The van der Waals surface area contributed by atoms with Crippen LogP contribution < -0.4 is 5.32 Å². The summed E-state index contributed by atoms with van der Waals surface area (Å²) in [5.74, 6) is 1.43. The van der Waals surface area contributed by atoms with Crippen LogP contribution in [0.4, 0.5) is 0 Å². The average Bonchev–Trinajstić information content (AvgIpc) is 2.32. The Labute approximate surface area is 79.1 Å². The number of thioether (sulfide) groups is 1. The predicted molar refractivity (Wildman–Crippen MR) is 54.6 cm³/mol. The first kappa shape index (κ1) is 10.4. The van der Waals surface area contributed by atoms with E-state index in [9.17, 15) is 5.11 Å². The monoisotopic (exact) mass is 189 g/mol. The van der Waals surface area contributed by atoms with Crippen molar-refractivity contribution in [3.8, 4) is 0 Å². The fraction of sp³-hybridized carbons (Fsp3) is 1.00. The number of rotatable bonds is 3. The number of nitrogens with one attached hydrogen (secondary N) is 1. The minimum absolute atomic E-state index is 0.0834. The topological polar surface area (TPSA) is 32.3 Å². The van der Waals surface area contributed by atoms with Crippen LogP contribution in [-0.4, -0.2) is 36.3 Å². The molecule has 12 heavy (non-hydrogen) atoms. The van der Waals surface area contributed by atoms with E-state index in [-0.39, 0.29) is 6.10 Å². The molecule has 1 aliphatic rings. The zero-order valence-corrected chi connectivity index (χ0v) is 8.57. The smallest absolute Gasteiger partial charge is 0.0659 e. The minimum atomic E-state index is -0.0834. The van der Waals surface area contributed by atoms with Crippen molar-refractivity contribution in [2.75, 3.05) is 25.1 Å². The molecule has 0 aliphatic carbocycles. The van der Waals surface area contributed by atoms with Crippen molar-refractivity contribution >= 4 is 11.8 Å². The summed E-state index contributed by atoms with van der Waals surface area (Å²) < 4.78 is 0. The molecule has 0 aromatic carbocycles. The van der Waals surface area contributed by atoms with Crippen molar-refractivity contribution in [1.29, 1.82) is 0 Å². The van der Waals surface area contributed by atoms with Crippen LogP contribution >= 0.6 is 11.8 Å². The molecule has 2 atom stereocenters. The van der Waals surface area contributed by atoms with E-state index in [0.29, 0.717) is 5.92 Å². The Kier molecular flexibility index (Phi) is 5.04. The van der Waals surface area contributed by atoms with Gasteiger partial charge >= 0.3 is 0 Å². The molecule has 1 heterocycles. The van der Waals surface area contributed by atoms with Crippen LogP contribution in [0.1, 0.15) is 19.3 Å². The number of aliphatic hydroxyl groups is 1. The molecule has 2 nitrogen and oxygen atoms in total. The van der Waals surface area contributed by atoms with Crippen LogP contribution in [0.3, 0.4) is 0 Å². The van der Waals surface area contributed by atoms with Gasteiger partial charge in [0.05, 0.1) is 6.10 Å². The molecule has 1 aliphatic heterocycles. The average molecular weight is 189 g/mol. The van der Waals surface area contributed by atoms with E-state index in [4.69, 9.17) is 0 Å². The summed E-state index contributed by atoms with van der Waals surface area (Å²) in [6.07, 6.45) is 5.52. The van der Waals surface area contributed by atoms with E-state index >= 15 is 0 Å². The molecule has 3 heteroatoms. The van der Waals surface area contributed by atoms with Crippen molar-refractivity contribution in [2.24, 2.45) is 5.92 Å². The van der Waals surface area contributed by atoms with Crippen LogP contribution in [0.2, 0.25) is 0 Å². The summed E-state index contributed by atoms with van der Waals surface area (Å²) in [5.41, 5.74) is 0. The SMILES string of the molecule is CSCC(O)C1CCCNCC1. The van der Waals surface area contributed by atoms with Gasteiger partial charge in [-0.3, -0.25) is 0 Å². The van der Waals surface area contributed by atoms with E-state index in [1.165, 1.54) is 12.8 Å². The summed E-state index contributed by atoms with van der Waals surface area (Å²) >= 11 is 1.74. The lowest BCUT2D eigenvalue weighted by Gasteiger charge is -2.19. The molecule has 72 valence electrons. The van der Waals surface area contributed by atoms with Crippen molar-refractivity contribution in [3.05, 3.63) is 0 Å². The predicted octanol–water partition coefficient (Wildman–Crippen LogP) is 1.10. The lowest BCUT2D eigenvalue weighted by atomic mass is 9.95. The highest BCUT2D eigenvalue weighted by Gasteiger charge is 2.19. The fourth-order valence-electron chi connectivity index (χ4n) is 1.74. The molecule has 0 saturated carbocycles. The second-order valence-corrected chi connectivity index (χ2v) is 4.37. The number of hydrogen-bond donors (Lipinski definition) is 2. The van der Waals surface area contributed by atoms with Gasteiger partial charge in [0.25, 0.3) is 0 Å². The molecule has 0 bridgehead atoms. The van der Waals surface area contributed by atoms with Gasteiger partial charge in [-0.15, -0.1) is 0 Å². The van der Waals surface area contributed by atoms with E-state index in [2.05, 4.69) is 11.6 Å². The molecule has 0 radical (unpaired) electrons. The Morgan fingerprint density at radius 2 is 2.33 bits per heavy atom. The van der Waals surface area contributed by atoms with E-state index in [1.807, 2.05) is 0 Å². The van der Waals surface area contributed by atoms with Gasteiger partial charge in [-0.1, -0.05) is 0 Å². The minimum Gasteiger partial charge on any atom is -0.392 e. The Morgan fingerprint density at radius 3 is 3.08 bits per heavy atom. The molecular formula is C9H19NOS. The van der Waals surface area contributed by atoms with Gasteiger partial charge < -0.3 is 10.4 Å². The zero-order valence-electron chi connectivity index (χ0n) is 7.75. The first-order valence-electron chi connectivity index (χ1n) is 4.72. The third-order valence-electron chi connectivity index (χ3n) is 2.50. The van der Waals surface area contributed by atoms with Gasteiger partial charge in [0, 0.05) is 5.75 Å². The lowest BCUT2D eigenvalue weighted by molar-refractivity contribution is 0.122. The Hall–Kier alpha value is 0.270. The highest BCUT2D eigenvalue weighted by molar-refractivity contribution is 7.98. The summed E-state index contributed by atoms with van der Waals surface area (Å²) in [6, 6.07) is 0. The van der Waals surface area contributed by atoms with Crippen molar-refractivity contribution in [3.63, 3.8) is 0 Å². The van der Waals surface area contributed by atoms with Crippen molar-refractivity contribution in [1.82, 2.24) is 5.32 Å². The summed E-state index contributed by atoms with van der Waals surface area (Å²) in [4.78, 5) is 0. The Morgan fingerprint density at radius 1 is 1.50 bits per heavy atom. The molecule has 0 spiro atoms. The van der Waals surface area contributed by atoms with Crippen molar-refractivity contribution < 1.29 is 5.11 Å². The maximum Gasteiger partial charge on any atom is 0.0659 e. The summed E-state index contributed by atoms with van der Waals surface area (Å²) in [6.45, 7) is 2.21. The second-order valence-electron chi connectivity index (χ2n) is 3.46. The standard InChI is InChI=1S/C9H19NOS/c1-12-7-9(11)8-3-2-5-10-6-4-8/h8-11H,2-7H2,1H3. The van der Waals surface area contributed by atoms with Crippen LogP contribution in [-0.2, 0) is 0 Å². The molecular weight excluding hydrogens is 170 g/mol. The quantitative estimate of drug-likeness (QED) is 0.697. The first-order valence-corrected chi connectivity index (χ1v) is 6.11. The summed E-state index contributed by atoms with van der Waals surface area (Å²) in [7, 11) is 0. The van der Waals surface area contributed by atoms with Gasteiger partial charge in [0.1, 0.15) is 0 Å². The maximum absolute atomic E-state index is 9.75. The van der Waals surface area contributed by atoms with Gasteiger partial charge in [0.15, 0.2) is 0 Å². The van der Waals surface area contributed by atoms with E-state index in [0.717, 1.165) is 25.3 Å².